The first-order chi connectivity index (χ1) is 37.8. The summed E-state index contributed by atoms with van der Waals surface area (Å²) >= 11 is 0. The van der Waals surface area contributed by atoms with Crippen molar-refractivity contribution in [1.82, 2.24) is 0 Å². The van der Waals surface area contributed by atoms with E-state index in [4.69, 9.17) is 0 Å². The number of fused-ring (bicyclic) bond motifs is 8. The molecule has 76 heavy (non-hydrogen) atoms. The largest absolute Gasteiger partial charge is 0.0622 e. The zero-order valence-electron chi connectivity index (χ0n) is 41.6. The third-order valence-electron chi connectivity index (χ3n) is 16.5. The van der Waals surface area contributed by atoms with Gasteiger partial charge in [-0.1, -0.05) is 267 Å². The molecule has 0 radical (unpaired) electrons. The van der Waals surface area contributed by atoms with E-state index in [9.17, 15) is 0 Å². The second kappa shape index (κ2) is 16.8. The molecule has 0 saturated carbocycles. The van der Waals surface area contributed by atoms with Crippen LogP contribution < -0.4 is 0 Å². The van der Waals surface area contributed by atoms with Crippen molar-refractivity contribution in [3.8, 4) is 122 Å². The summed E-state index contributed by atoms with van der Waals surface area (Å²) in [5, 5.41) is 10.2. The highest BCUT2D eigenvalue weighted by atomic mass is 14.4. The lowest BCUT2D eigenvalue weighted by Gasteiger charge is -2.23. The van der Waals surface area contributed by atoms with Crippen molar-refractivity contribution in [2.24, 2.45) is 0 Å². The predicted octanol–water partition coefficient (Wildman–Crippen LogP) is 21.3. The molecule has 0 bridgehead atoms. The number of benzene rings is 14. The molecule has 0 fully saturated rings. The zero-order valence-corrected chi connectivity index (χ0v) is 41.6. The molecule has 14 aromatic carbocycles. The van der Waals surface area contributed by atoms with Gasteiger partial charge in [-0.3, -0.25) is 0 Å². The topological polar surface area (TPSA) is 0 Å². The summed E-state index contributed by atoms with van der Waals surface area (Å²) in [5.41, 5.74) is 27.7. The molecule has 0 heterocycles. The van der Waals surface area contributed by atoms with Crippen molar-refractivity contribution in [3.63, 3.8) is 0 Å². The maximum Gasteiger partial charge on any atom is -0.000740 e. The van der Waals surface area contributed by atoms with Crippen molar-refractivity contribution in [1.29, 1.82) is 0 Å². The molecule has 0 amide bonds. The number of hydrogen-bond acceptors (Lipinski definition) is 0. The highest BCUT2D eigenvalue weighted by Crippen LogP contribution is 2.62. The summed E-state index contributed by atoms with van der Waals surface area (Å²) in [6.07, 6.45) is 0. The van der Waals surface area contributed by atoms with Gasteiger partial charge in [0.25, 0.3) is 0 Å². The van der Waals surface area contributed by atoms with Crippen LogP contribution in [0.3, 0.4) is 0 Å². The number of rotatable bonds is 7. The maximum absolute atomic E-state index is 2.50. The Labute approximate surface area is 442 Å². The van der Waals surface area contributed by atoms with Gasteiger partial charge in [0.15, 0.2) is 0 Å². The molecule has 350 valence electrons. The molecule has 0 atom stereocenters. The molecule has 2 aliphatic carbocycles. The Morgan fingerprint density at radius 2 is 0.382 bits per heavy atom. The summed E-state index contributed by atoms with van der Waals surface area (Å²) < 4.78 is 0. The Bertz CT molecular complexity index is 4440. The van der Waals surface area contributed by atoms with Crippen LogP contribution in [-0.4, -0.2) is 0 Å². The fourth-order valence-electron chi connectivity index (χ4n) is 13.5. The van der Waals surface area contributed by atoms with Gasteiger partial charge in [0.2, 0.25) is 0 Å². The van der Waals surface area contributed by atoms with E-state index in [1.54, 1.807) is 0 Å². The van der Waals surface area contributed by atoms with Crippen molar-refractivity contribution in [3.05, 3.63) is 279 Å². The molecule has 0 nitrogen and oxygen atoms in total. The van der Waals surface area contributed by atoms with E-state index >= 15 is 0 Å². The number of hydrogen-bond donors (Lipinski definition) is 0. The van der Waals surface area contributed by atoms with Gasteiger partial charge in [-0.2, -0.15) is 0 Å². The molecule has 0 unspecified atom stereocenters. The minimum Gasteiger partial charge on any atom is -0.0622 e. The highest BCUT2D eigenvalue weighted by Gasteiger charge is 2.34. The maximum atomic E-state index is 2.50. The van der Waals surface area contributed by atoms with Gasteiger partial charge in [0.1, 0.15) is 0 Å². The molecule has 0 saturated heterocycles. The third-order valence-corrected chi connectivity index (χ3v) is 16.5. The van der Waals surface area contributed by atoms with Crippen molar-refractivity contribution < 1.29 is 0 Å². The van der Waals surface area contributed by atoms with Crippen LogP contribution in [0.4, 0.5) is 0 Å². The smallest absolute Gasteiger partial charge is 0.000740 e. The van der Waals surface area contributed by atoms with Gasteiger partial charge in [-0.25, -0.2) is 0 Å². The van der Waals surface area contributed by atoms with Gasteiger partial charge in [0.05, 0.1) is 0 Å². The van der Waals surface area contributed by atoms with Crippen molar-refractivity contribution in [2.75, 3.05) is 0 Å². The Morgan fingerprint density at radius 1 is 0.132 bits per heavy atom. The Balaban J connectivity index is 0.993. The first-order valence-corrected chi connectivity index (χ1v) is 26.5. The van der Waals surface area contributed by atoms with Crippen molar-refractivity contribution in [2.45, 2.75) is 0 Å². The lowest BCUT2D eigenvalue weighted by Crippen LogP contribution is -1.96. The van der Waals surface area contributed by atoms with Crippen LogP contribution in [0.2, 0.25) is 0 Å². The van der Waals surface area contributed by atoms with Crippen LogP contribution in [-0.2, 0) is 0 Å². The average Bonchev–Trinajstić information content (AvgIpc) is 4.10. The van der Waals surface area contributed by atoms with E-state index in [0.717, 1.165) is 0 Å². The normalized spacial score (nSPS) is 11.9. The Kier molecular flexibility index (Phi) is 9.44. The Morgan fingerprint density at radius 3 is 0.711 bits per heavy atom. The second-order valence-corrected chi connectivity index (χ2v) is 20.5. The van der Waals surface area contributed by atoms with Gasteiger partial charge in [-0.15, -0.1) is 0 Å². The van der Waals surface area contributed by atoms with Gasteiger partial charge in [-0.05, 0) is 178 Å². The first kappa shape index (κ1) is 42.6. The monoisotopic (exact) mass is 958 g/mol. The summed E-state index contributed by atoms with van der Waals surface area (Å²) in [7, 11) is 0. The molecule has 16 rings (SSSR count). The van der Waals surface area contributed by atoms with Crippen molar-refractivity contribution >= 4 is 43.1 Å². The van der Waals surface area contributed by atoms with Crippen LogP contribution in [0.5, 0.6) is 0 Å². The molecule has 0 N–H and O–H groups in total. The van der Waals surface area contributed by atoms with E-state index in [0.29, 0.717) is 0 Å². The van der Waals surface area contributed by atoms with E-state index in [1.165, 1.54) is 165 Å². The fourth-order valence-corrected chi connectivity index (χ4v) is 13.5. The summed E-state index contributed by atoms with van der Waals surface area (Å²) in [5.74, 6) is 0. The summed E-state index contributed by atoms with van der Waals surface area (Å²) in [6, 6.07) is 104. The molecular weight excluding hydrogens is 913 g/mol. The minimum atomic E-state index is 1.20. The van der Waals surface area contributed by atoms with E-state index in [1.807, 2.05) is 0 Å². The van der Waals surface area contributed by atoms with Crippen LogP contribution in [0, 0.1) is 0 Å². The standard InChI is InChI=1S/C76H46/c1-7-23-47(24-8-1)63-45-65-66(46-64(63)48-25-9-2-10-26-48)70(52-33-17-6-18-34-52)76-62-44-42-54(56-38-22-40-60(72(56)62)74(76)69(65)51-31-15-5-16-32-51)53-41-43-61-71-55(53)37-21-39-59(71)73-67(49-27-11-3-12-28-49)57-35-19-20-36-58(57)68(75(61)73)50-29-13-4-14-30-50/h1-46H. The SMILES string of the molecule is c1ccc(-c2cc3c(-c4ccccc4)c4c(c(-c5ccccc5)c3cc2-c2ccccc2)-c2ccc(-c3ccc5c6c(cccc36)-c3c-5c(-c5ccccc5)c5ccccc5c3-c3ccccc3)c3cccc-4c23)cc1. The second-order valence-electron chi connectivity index (χ2n) is 20.5. The van der Waals surface area contributed by atoms with Crippen LogP contribution in [0.25, 0.3) is 165 Å². The highest BCUT2D eigenvalue weighted by molar-refractivity contribution is 6.32. The molecule has 2 aliphatic rings. The van der Waals surface area contributed by atoms with Crippen LogP contribution in [0.1, 0.15) is 0 Å². The molecule has 0 heteroatoms. The molecule has 0 aromatic heterocycles. The van der Waals surface area contributed by atoms with Gasteiger partial charge < -0.3 is 0 Å². The lowest BCUT2D eigenvalue weighted by molar-refractivity contribution is 1.59. The van der Waals surface area contributed by atoms with Gasteiger partial charge >= 0.3 is 0 Å². The Hall–Kier alpha value is -9.88. The average molecular weight is 959 g/mol. The molecule has 0 aliphatic heterocycles. The molecule has 0 spiro atoms. The summed E-state index contributed by atoms with van der Waals surface area (Å²) in [6.45, 7) is 0. The van der Waals surface area contributed by atoms with E-state index in [2.05, 4.69) is 279 Å². The van der Waals surface area contributed by atoms with Gasteiger partial charge in [0, 0.05) is 0 Å². The zero-order chi connectivity index (χ0) is 49.8. The van der Waals surface area contributed by atoms with E-state index < -0.39 is 0 Å². The van der Waals surface area contributed by atoms with E-state index in [-0.39, 0.29) is 0 Å². The quantitative estimate of drug-likeness (QED) is 0.149. The molecule has 14 aromatic rings. The summed E-state index contributed by atoms with van der Waals surface area (Å²) in [4.78, 5) is 0. The van der Waals surface area contributed by atoms with Crippen LogP contribution >= 0.6 is 0 Å². The third kappa shape index (κ3) is 6.19. The first-order valence-electron chi connectivity index (χ1n) is 26.5. The molecular formula is C76H46. The predicted molar refractivity (Wildman–Crippen MR) is 323 cm³/mol. The van der Waals surface area contributed by atoms with Crippen LogP contribution in [0.15, 0.2) is 279 Å². The fraction of sp³-hybridized carbons (Fsp3) is 0. The minimum absolute atomic E-state index is 1.20. The lowest BCUT2D eigenvalue weighted by atomic mass is 9.80.